The minimum absolute atomic E-state index is 0.00926. The van der Waals surface area contributed by atoms with Gasteiger partial charge in [0.05, 0.1) is 5.92 Å². The fraction of sp³-hybridized carbons (Fsp3) is 0.417. The minimum atomic E-state index is -0.508. The molecule has 0 heterocycles. The number of ether oxygens (including phenoxy) is 2. The zero-order chi connectivity index (χ0) is 12.1. The average molecular weight is 287 g/mol. The van der Waals surface area contributed by atoms with Crippen LogP contribution in [0.5, 0.6) is 0 Å². The number of hydrogen-bond acceptors (Lipinski definition) is 3. The molecule has 0 saturated heterocycles. The van der Waals surface area contributed by atoms with E-state index in [0.717, 1.165) is 4.47 Å². The zero-order valence-corrected chi connectivity index (χ0v) is 11.2. The van der Waals surface area contributed by atoms with Crippen LogP contribution in [0, 0.1) is 5.92 Å². The van der Waals surface area contributed by atoms with Crippen molar-refractivity contribution in [3.63, 3.8) is 0 Å². The van der Waals surface area contributed by atoms with Crippen molar-refractivity contribution in [2.75, 3.05) is 14.2 Å². The normalized spacial score (nSPS) is 12.8. The molecule has 3 nitrogen and oxygen atoms in total. The van der Waals surface area contributed by atoms with E-state index in [2.05, 4.69) is 15.9 Å². The Kier molecular flexibility index (Phi) is 5.12. The molecule has 0 N–H and O–H groups in total. The summed E-state index contributed by atoms with van der Waals surface area (Å²) in [5, 5.41) is 0. The second-order valence-corrected chi connectivity index (χ2v) is 4.42. The Morgan fingerprint density at radius 3 is 2.44 bits per heavy atom. The molecular weight excluding hydrogens is 272 g/mol. The quantitative estimate of drug-likeness (QED) is 0.617. The summed E-state index contributed by atoms with van der Waals surface area (Å²) in [5.74, 6) is -0.320. The van der Waals surface area contributed by atoms with Crippen LogP contribution in [0.25, 0.3) is 0 Å². The summed E-state index contributed by atoms with van der Waals surface area (Å²) in [7, 11) is 3.05. The van der Waals surface area contributed by atoms with Gasteiger partial charge in [-0.2, -0.15) is 0 Å². The molecule has 0 saturated carbocycles. The van der Waals surface area contributed by atoms with Crippen LogP contribution in [0.2, 0.25) is 0 Å². The molecule has 1 rings (SSSR count). The first-order valence-corrected chi connectivity index (χ1v) is 5.74. The number of Topliss-reactive ketones (excluding diaryl/α,β-unsaturated/α-hetero) is 1. The summed E-state index contributed by atoms with van der Waals surface area (Å²) in [6, 6.07) is 7.29. The number of ketones is 1. The first-order chi connectivity index (χ1) is 7.60. The Labute approximate surface area is 104 Å². The van der Waals surface area contributed by atoms with Crippen LogP contribution in [0.1, 0.15) is 17.3 Å². The fourth-order valence-corrected chi connectivity index (χ4v) is 1.93. The van der Waals surface area contributed by atoms with Gasteiger partial charge in [0.15, 0.2) is 12.1 Å². The predicted octanol–water partition coefficient (Wildman–Crippen LogP) is 2.89. The van der Waals surface area contributed by atoms with Crippen LogP contribution in [0.4, 0.5) is 0 Å². The van der Waals surface area contributed by atoms with Gasteiger partial charge in [0.2, 0.25) is 0 Å². The maximum Gasteiger partial charge on any atom is 0.170 e. The van der Waals surface area contributed by atoms with Gasteiger partial charge in [0, 0.05) is 24.3 Å². The molecule has 0 spiro atoms. The molecule has 0 radical (unpaired) electrons. The Morgan fingerprint density at radius 2 is 1.94 bits per heavy atom. The van der Waals surface area contributed by atoms with E-state index >= 15 is 0 Å². The molecule has 16 heavy (non-hydrogen) atoms. The summed E-state index contributed by atoms with van der Waals surface area (Å²) < 4.78 is 11.0. The lowest BCUT2D eigenvalue weighted by Gasteiger charge is -2.19. The van der Waals surface area contributed by atoms with E-state index in [1.807, 2.05) is 12.1 Å². The van der Waals surface area contributed by atoms with Gasteiger partial charge < -0.3 is 9.47 Å². The van der Waals surface area contributed by atoms with Crippen LogP contribution >= 0.6 is 15.9 Å². The zero-order valence-electron chi connectivity index (χ0n) is 9.57. The molecule has 88 valence electrons. The number of carbonyl (C=O) groups is 1. The van der Waals surface area contributed by atoms with Crippen LogP contribution in [0.15, 0.2) is 28.7 Å². The summed E-state index contributed by atoms with van der Waals surface area (Å²) >= 11 is 3.34. The molecule has 0 aliphatic carbocycles. The Hall–Kier alpha value is -0.710. The van der Waals surface area contributed by atoms with Crippen LogP contribution in [0.3, 0.4) is 0 Å². The highest BCUT2D eigenvalue weighted by Gasteiger charge is 2.24. The van der Waals surface area contributed by atoms with E-state index in [1.165, 1.54) is 14.2 Å². The van der Waals surface area contributed by atoms with E-state index < -0.39 is 6.29 Å². The molecule has 0 bridgehead atoms. The van der Waals surface area contributed by atoms with Crippen molar-refractivity contribution in [1.29, 1.82) is 0 Å². The monoisotopic (exact) mass is 286 g/mol. The molecule has 0 aromatic heterocycles. The second kappa shape index (κ2) is 6.13. The number of hydrogen-bond donors (Lipinski definition) is 0. The van der Waals surface area contributed by atoms with Crippen molar-refractivity contribution in [3.8, 4) is 0 Å². The maximum atomic E-state index is 12.1. The van der Waals surface area contributed by atoms with E-state index in [1.54, 1.807) is 19.1 Å². The Balaban J connectivity index is 2.85. The lowest BCUT2D eigenvalue weighted by Crippen LogP contribution is -2.29. The minimum Gasteiger partial charge on any atom is -0.355 e. The summed E-state index contributed by atoms with van der Waals surface area (Å²) in [6.07, 6.45) is -0.508. The molecule has 1 aromatic rings. The maximum absolute atomic E-state index is 12.1. The molecule has 0 fully saturated rings. The third-order valence-corrected chi connectivity index (χ3v) is 2.89. The third-order valence-electron chi connectivity index (χ3n) is 2.40. The number of halogens is 1. The number of methoxy groups -OCH3 is 2. The van der Waals surface area contributed by atoms with Crippen molar-refractivity contribution < 1.29 is 14.3 Å². The SMILES string of the molecule is COC(OC)C(C)C(=O)c1cccc(Br)c1. The lowest BCUT2D eigenvalue weighted by molar-refractivity contribution is -0.123. The highest BCUT2D eigenvalue weighted by molar-refractivity contribution is 9.10. The summed E-state index contributed by atoms with van der Waals surface area (Å²) in [6.45, 7) is 1.79. The lowest BCUT2D eigenvalue weighted by atomic mass is 9.99. The van der Waals surface area contributed by atoms with Gasteiger partial charge in [0.1, 0.15) is 0 Å². The van der Waals surface area contributed by atoms with Crippen LogP contribution < -0.4 is 0 Å². The van der Waals surface area contributed by atoms with Crippen molar-refractivity contribution in [1.82, 2.24) is 0 Å². The molecule has 4 heteroatoms. The summed E-state index contributed by atoms with van der Waals surface area (Å²) in [5.41, 5.74) is 0.654. The predicted molar refractivity (Wildman–Crippen MR) is 65.4 cm³/mol. The highest BCUT2D eigenvalue weighted by Crippen LogP contribution is 2.18. The van der Waals surface area contributed by atoms with Crippen molar-refractivity contribution in [2.24, 2.45) is 5.92 Å². The standard InChI is InChI=1S/C12H15BrO3/c1-8(12(15-2)16-3)11(14)9-5-4-6-10(13)7-9/h4-8,12H,1-3H3. The van der Waals surface area contributed by atoms with Gasteiger partial charge in [-0.25, -0.2) is 0 Å². The van der Waals surface area contributed by atoms with Crippen LogP contribution in [-0.2, 0) is 9.47 Å². The van der Waals surface area contributed by atoms with Gasteiger partial charge in [0.25, 0.3) is 0 Å². The van der Waals surface area contributed by atoms with E-state index in [4.69, 9.17) is 9.47 Å². The molecular formula is C12H15BrO3. The van der Waals surface area contributed by atoms with Crippen molar-refractivity contribution in [3.05, 3.63) is 34.3 Å². The van der Waals surface area contributed by atoms with Gasteiger partial charge in [-0.05, 0) is 12.1 Å². The molecule has 0 aliphatic heterocycles. The summed E-state index contributed by atoms with van der Waals surface area (Å²) in [4.78, 5) is 12.1. The average Bonchev–Trinajstić information content (AvgIpc) is 2.29. The highest BCUT2D eigenvalue weighted by atomic mass is 79.9. The smallest absolute Gasteiger partial charge is 0.170 e. The third kappa shape index (κ3) is 3.14. The van der Waals surface area contributed by atoms with Crippen molar-refractivity contribution in [2.45, 2.75) is 13.2 Å². The first-order valence-electron chi connectivity index (χ1n) is 4.95. The molecule has 0 amide bonds. The first kappa shape index (κ1) is 13.4. The number of carbonyl (C=O) groups excluding carboxylic acids is 1. The second-order valence-electron chi connectivity index (χ2n) is 3.50. The largest absolute Gasteiger partial charge is 0.355 e. The van der Waals surface area contributed by atoms with Gasteiger partial charge in [-0.1, -0.05) is 35.0 Å². The van der Waals surface area contributed by atoms with Crippen LogP contribution in [-0.4, -0.2) is 26.3 Å². The number of rotatable bonds is 5. The van der Waals surface area contributed by atoms with E-state index in [9.17, 15) is 4.79 Å². The van der Waals surface area contributed by atoms with Gasteiger partial charge >= 0.3 is 0 Å². The van der Waals surface area contributed by atoms with E-state index in [-0.39, 0.29) is 11.7 Å². The van der Waals surface area contributed by atoms with Gasteiger partial charge in [-0.3, -0.25) is 4.79 Å². The molecule has 0 aliphatic rings. The molecule has 1 aromatic carbocycles. The van der Waals surface area contributed by atoms with E-state index in [0.29, 0.717) is 5.56 Å². The fourth-order valence-electron chi connectivity index (χ4n) is 1.53. The number of benzene rings is 1. The molecule has 1 atom stereocenters. The Bertz CT molecular complexity index is 361. The molecule has 1 unspecified atom stereocenters. The topological polar surface area (TPSA) is 35.5 Å². The van der Waals surface area contributed by atoms with Crippen molar-refractivity contribution >= 4 is 21.7 Å². The Morgan fingerprint density at radius 1 is 1.31 bits per heavy atom. The van der Waals surface area contributed by atoms with Gasteiger partial charge in [-0.15, -0.1) is 0 Å².